The number of benzene rings is 1. The number of hydrogen-bond acceptors (Lipinski definition) is 5. The van der Waals surface area contributed by atoms with Gasteiger partial charge < -0.3 is 14.7 Å². The summed E-state index contributed by atoms with van der Waals surface area (Å²) in [6.07, 6.45) is 5.33. The Balaban J connectivity index is 1.46. The number of hydroxylamine groups is 1. The number of nitrogens with zero attached hydrogens (tertiary/aromatic N) is 5. The highest BCUT2D eigenvalue weighted by atomic mass is 16.5. The van der Waals surface area contributed by atoms with Crippen molar-refractivity contribution in [3.8, 4) is 6.19 Å². The molecule has 0 radical (unpaired) electrons. The second kappa shape index (κ2) is 10.9. The van der Waals surface area contributed by atoms with Crippen LogP contribution in [0.3, 0.4) is 0 Å². The van der Waals surface area contributed by atoms with Gasteiger partial charge in [-0.2, -0.15) is 5.26 Å². The van der Waals surface area contributed by atoms with Crippen LogP contribution in [0.25, 0.3) is 0 Å². The third-order valence-electron chi connectivity index (χ3n) is 7.65. The molecular weight excluding hydrogens is 432 g/mol. The van der Waals surface area contributed by atoms with E-state index in [4.69, 9.17) is 0 Å². The normalized spacial score (nSPS) is 26.3. The van der Waals surface area contributed by atoms with Crippen molar-refractivity contribution in [2.45, 2.75) is 38.5 Å². The van der Waals surface area contributed by atoms with Gasteiger partial charge in [0.15, 0.2) is 0 Å². The molecule has 9 heteroatoms. The number of rotatable bonds is 3. The zero-order valence-electron chi connectivity index (χ0n) is 19.8. The van der Waals surface area contributed by atoms with Crippen LogP contribution in [-0.4, -0.2) is 76.9 Å². The Morgan fingerprint density at radius 2 is 1.65 bits per heavy atom. The average molecular weight is 467 g/mol. The lowest BCUT2D eigenvalue weighted by atomic mass is 9.83. The second-order valence-corrected chi connectivity index (χ2v) is 9.79. The minimum Gasteiger partial charge on any atom is -0.342 e. The van der Waals surface area contributed by atoms with Crippen LogP contribution in [0.1, 0.15) is 44.1 Å². The van der Waals surface area contributed by atoms with E-state index < -0.39 is 17.7 Å². The third kappa shape index (κ3) is 5.17. The van der Waals surface area contributed by atoms with E-state index in [0.717, 1.165) is 32.4 Å². The maximum atomic E-state index is 13.5. The number of amides is 2. The van der Waals surface area contributed by atoms with Gasteiger partial charge in [0.25, 0.3) is 0 Å². The number of nitrogens with one attached hydrogen (secondary N) is 1. The molecular formula is C25H34N6O3. The monoisotopic (exact) mass is 466 g/mol. The molecule has 9 nitrogen and oxygen atoms in total. The van der Waals surface area contributed by atoms with Crippen molar-refractivity contribution >= 4 is 17.8 Å². The van der Waals surface area contributed by atoms with E-state index in [9.17, 15) is 20.1 Å². The van der Waals surface area contributed by atoms with Gasteiger partial charge in [-0.05, 0) is 37.2 Å². The van der Waals surface area contributed by atoms with Crippen molar-refractivity contribution in [2.75, 3.05) is 39.3 Å². The molecule has 3 heterocycles. The first kappa shape index (κ1) is 24.0. The molecule has 3 atom stereocenters. The number of likely N-dealkylation sites (tertiary alicyclic amines) is 3. The molecule has 0 bridgehead atoms. The van der Waals surface area contributed by atoms with Crippen molar-refractivity contribution in [3.63, 3.8) is 0 Å². The van der Waals surface area contributed by atoms with E-state index in [1.807, 2.05) is 34.2 Å². The summed E-state index contributed by atoms with van der Waals surface area (Å²) in [5.41, 5.74) is 2.99. The van der Waals surface area contributed by atoms with E-state index in [1.165, 1.54) is 5.56 Å². The van der Waals surface area contributed by atoms with Crippen LogP contribution in [0.15, 0.2) is 35.3 Å². The maximum absolute atomic E-state index is 13.5. The largest absolute Gasteiger partial charge is 0.342 e. The molecule has 34 heavy (non-hydrogen) atoms. The van der Waals surface area contributed by atoms with Crippen molar-refractivity contribution in [1.29, 1.82) is 5.26 Å². The minimum atomic E-state index is -0.713. The van der Waals surface area contributed by atoms with E-state index in [-0.39, 0.29) is 12.5 Å². The smallest absolute Gasteiger partial charge is 0.249 e. The quantitative estimate of drug-likeness (QED) is 0.232. The van der Waals surface area contributed by atoms with Crippen LogP contribution in [0.4, 0.5) is 0 Å². The summed E-state index contributed by atoms with van der Waals surface area (Å²) in [7, 11) is 0. The van der Waals surface area contributed by atoms with Crippen molar-refractivity contribution < 1.29 is 14.8 Å². The average Bonchev–Trinajstić information content (AvgIpc) is 3.38. The van der Waals surface area contributed by atoms with E-state index in [1.54, 1.807) is 5.48 Å². The lowest BCUT2D eigenvalue weighted by Gasteiger charge is -2.43. The lowest BCUT2D eigenvalue weighted by molar-refractivity contribution is -0.147. The van der Waals surface area contributed by atoms with Crippen LogP contribution < -0.4 is 5.48 Å². The third-order valence-corrected chi connectivity index (χ3v) is 7.65. The molecule has 0 aromatic heterocycles. The number of piperidine rings is 2. The van der Waals surface area contributed by atoms with Crippen LogP contribution in [-0.2, 0) is 9.59 Å². The Morgan fingerprint density at radius 1 is 0.971 bits per heavy atom. The molecule has 3 aliphatic rings. The highest BCUT2D eigenvalue weighted by molar-refractivity contribution is 5.89. The van der Waals surface area contributed by atoms with Crippen LogP contribution >= 0.6 is 0 Å². The number of carbonyl (C=O) groups is 2. The fourth-order valence-electron chi connectivity index (χ4n) is 5.56. The molecule has 3 fully saturated rings. The van der Waals surface area contributed by atoms with Gasteiger partial charge >= 0.3 is 0 Å². The van der Waals surface area contributed by atoms with Gasteiger partial charge in [0.2, 0.25) is 24.0 Å². The first-order valence-electron chi connectivity index (χ1n) is 12.3. The Morgan fingerprint density at radius 3 is 2.32 bits per heavy atom. The molecule has 0 aliphatic carbocycles. The SMILES string of the molecule is CC1CCN(/C(=N\C#N)N2CC[C@H](C(=O)N3CC[C@H](c4ccccc4)C3)[C@@H](C(=O)NO)C2)CC1. The molecule has 0 unspecified atom stereocenters. The first-order valence-corrected chi connectivity index (χ1v) is 12.3. The molecule has 2 amide bonds. The summed E-state index contributed by atoms with van der Waals surface area (Å²) < 4.78 is 0. The van der Waals surface area contributed by atoms with Gasteiger partial charge in [-0.15, -0.1) is 4.99 Å². The van der Waals surface area contributed by atoms with Gasteiger partial charge in [0.1, 0.15) is 0 Å². The summed E-state index contributed by atoms with van der Waals surface area (Å²) in [5, 5.41) is 18.7. The highest BCUT2D eigenvalue weighted by Gasteiger charge is 2.43. The number of nitriles is 1. The minimum absolute atomic E-state index is 0.0303. The van der Waals surface area contributed by atoms with Gasteiger partial charge in [0, 0.05) is 45.2 Å². The van der Waals surface area contributed by atoms with Crippen LogP contribution in [0, 0.1) is 29.2 Å². The molecule has 4 rings (SSSR count). The van der Waals surface area contributed by atoms with E-state index in [2.05, 4.69) is 28.9 Å². The molecule has 0 saturated carbocycles. The fraction of sp³-hybridized carbons (Fsp3) is 0.600. The van der Waals surface area contributed by atoms with Crippen LogP contribution in [0.2, 0.25) is 0 Å². The topological polar surface area (TPSA) is 112 Å². The highest BCUT2D eigenvalue weighted by Crippen LogP contribution is 2.32. The predicted molar refractivity (Wildman–Crippen MR) is 126 cm³/mol. The van der Waals surface area contributed by atoms with Gasteiger partial charge in [-0.1, -0.05) is 37.3 Å². The molecule has 182 valence electrons. The van der Waals surface area contributed by atoms with Gasteiger partial charge in [-0.25, -0.2) is 5.48 Å². The standard InChI is InChI=1S/C25H34N6O3/c1-18-7-11-29(12-8-18)25(27-17-26)31-14-10-21(22(16-31)23(32)28-34)24(33)30-13-9-20(15-30)19-5-3-2-4-6-19/h2-6,18,20-22,34H,7-16H2,1H3,(H,28,32)/b27-25+/t20-,21-,22-/m0/s1. The van der Waals surface area contributed by atoms with Crippen LogP contribution in [0.5, 0.6) is 0 Å². The Hall–Kier alpha value is -3.12. The molecule has 2 N–H and O–H groups in total. The second-order valence-electron chi connectivity index (χ2n) is 9.79. The van der Waals surface area contributed by atoms with Crippen molar-refractivity contribution in [3.05, 3.63) is 35.9 Å². The summed E-state index contributed by atoms with van der Waals surface area (Å²) in [4.78, 5) is 36.1. The number of guanidine groups is 1. The predicted octanol–water partition coefficient (Wildman–Crippen LogP) is 2.01. The number of hydrogen-bond donors (Lipinski definition) is 2. The maximum Gasteiger partial charge on any atom is 0.249 e. The van der Waals surface area contributed by atoms with Crippen molar-refractivity contribution in [2.24, 2.45) is 22.7 Å². The van der Waals surface area contributed by atoms with Gasteiger partial charge in [0.05, 0.1) is 11.8 Å². The van der Waals surface area contributed by atoms with Gasteiger partial charge in [-0.3, -0.25) is 14.8 Å². The number of aliphatic imine (C=N–C) groups is 1. The van der Waals surface area contributed by atoms with E-state index in [0.29, 0.717) is 43.9 Å². The molecule has 3 aliphatic heterocycles. The lowest BCUT2D eigenvalue weighted by Crippen LogP contribution is -2.56. The molecule has 3 saturated heterocycles. The zero-order chi connectivity index (χ0) is 24.1. The summed E-state index contributed by atoms with van der Waals surface area (Å²) >= 11 is 0. The first-order chi connectivity index (χ1) is 16.5. The Bertz CT molecular complexity index is 938. The van der Waals surface area contributed by atoms with E-state index >= 15 is 0 Å². The van der Waals surface area contributed by atoms with Crippen molar-refractivity contribution in [1.82, 2.24) is 20.2 Å². The molecule has 1 aromatic rings. The zero-order valence-corrected chi connectivity index (χ0v) is 19.8. The Labute approximate surface area is 201 Å². The number of carbonyl (C=O) groups excluding carboxylic acids is 2. The molecule has 0 spiro atoms. The Kier molecular flexibility index (Phi) is 7.68. The summed E-state index contributed by atoms with van der Waals surface area (Å²) in [6, 6.07) is 10.2. The molecule has 1 aromatic carbocycles. The fourth-order valence-corrected chi connectivity index (χ4v) is 5.56. The summed E-state index contributed by atoms with van der Waals surface area (Å²) in [5.74, 6) is -0.316. The summed E-state index contributed by atoms with van der Waals surface area (Å²) in [6.45, 7) is 5.93.